The van der Waals surface area contributed by atoms with Crippen LogP contribution in [0.3, 0.4) is 0 Å². The monoisotopic (exact) mass is 791 g/mol. The summed E-state index contributed by atoms with van der Waals surface area (Å²) in [6.45, 7) is 3.08. The summed E-state index contributed by atoms with van der Waals surface area (Å²) in [6.07, 6.45) is -4.94. The van der Waals surface area contributed by atoms with Gasteiger partial charge in [0.25, 0.3) is 17.7 Å². The van der Waals surface area contributed by atoms with E-state index in [-0.39, 0.29) is 34.0 Å². The molecule has 12 nitrogen and oxygen atoms in total. The summed E-state index contributed by atoms with van der Waals surface area (Å²) in [7, 11) is 0. The molecule has 20 heteroatoms. The highest BCUT2D eigenvalue weighted by Gasteiger charge is 2.38. The zero-order valence-electron chi connectivity index (χ0n) is 28.8. The van der Waals surface area contributed by atoms with Crippen LogP contribution in [0.1, 0.15) is 55.2 Å². The fourth-order valence-electron chi connectivity index (χ4n) is 4.59. The Balaban J connectivity index is 2.01. The van der Waals surface area contributed by atoms with Gasteiger partial charge in [-0.1, -0.05) is 44.5 Å². The largest absolute Gasteiger partial charge is 0.477 e. The second kappa shape index (κ2) is 17.5. The van der Waals surface area contributed by atoms with Crippen LogP contribution >= 0.6 is 11.6 Å². The minimum Gasteiger partial charge on any atom is -0.477 e. The normalized spacial score (nSPS) is 12.6. The minimum atomic E-state index is -4.94. The van der Waals surface area contributed by atoms with E-state index in [0.717, 1.165) is 12.1 Å². The molecule has 5 N–H and O–H groups in total. The summed E-state index contributed by atoms with van der Waals surface area (Å²) in [5.41, 5.74) is 4.86. The van der Waals surface area contributed by atoms with Crippen LogP contribution in [0.2, 0.25) is 5.02 Å². The summed E-state index contributed by atoms with van der Waals surface area (Å²) in [5, 5.41) is 4.93. The van der Waals surface area contributed by atoms with Crippen molar-refractivity contribution < 1.29 is 64.2 Å². The van der Waals surface area contributed by atoms with Crippen molar-refractivity contribution in [3.05, 3.63) is 93.5 Å². The third kappa shape index (κ3) is 11.0. The van der Waals surface area contributed by atoms with Crippen molar-refractivity contribution in [2.24, 2.45) is 5.41 Å². The van der Waals surface area contributed by atoms with Gasteiger partial charge in [-0.3, -0.25) is 29.4 Å². The number of nitrogens with two attached hydrogens (primary N) is 1. The number of halogens is 8. The van der Waals surface area contributed by atoms with E-state index in [0.29, 0.717) is 12.1 Å². The Morgan fingerprint density at radius 3 is 2.07 bits per heavy atom. The smallest absolute Gasteiger partial charge is 0.416 e. The topological polar surface area (TPSA) is 169 Å². The van der Waals surface area contributed by atoms with Gasteiger partial charge in [-0.05, 0) is 48.2 Å². The van der Waals surface area contributed by atoms with E-state index in [4.69, 9.17) is 22.1 Å². The Morgan fingerprint density at radius 1 is 0.889 bits per heavy atom. The maximum atomic E-state index is 14.2. The number of carbonyl (C=O) groups is 5. The molecule has 0 aliphatic rings. The second-order valence-corrected chi connectivity index (χ2v) is 12.8. The molecule has 292 valence electrons. The number of hydrazine groups is 1. The number of amides is 4. The van der Waals surface area contributed by atoms with Crippen molar-refractivity contribution in [3.8, 4) is 5.75 Å². The Kier molecular flexibility index (Phi) is 13.9. The highest BCUT2D eigenvalue weighted by Crippen LogP contribution is 2.32. The molecule has 3 rings (SSSR count). The molecule has 2 atom stereocenters. The van der Waals surface area contributed by atoms with Crippen molar-refractivity contribution in [1.82, 2.24) is 21.1 Å². The molecule has 54 heavy (non-hydrogen) atoms. The lowest BCUT2D eigenvalue weighted by Gasteiger charge is -2.32. The summed E-state index contributed by atoms with van der Waals surface area (Å²) in [4.78, 5) is 66.3. The van der Waals surface area contributed by atoms with E-state index >= 15 is 0 Å². The number of rotatable bonds is 12. The molecule has 3 aromatic carbocycles. The van der Waals surface area contributed by atoms with Gasteiger partial charge >= 0.3 is 12.1 Å². The van der Waals surface area contributed by atoms with Crippen LogP contribution < -0.4 is 26.5 Å². The molecule has 4 amide bonds. The predicted molar refractivity (Wildman–Crippen MR) is 177 cm³/mol. The van der Waals surface area contributed by atoms with E-state index in [9.17, 15) is 54.7 Å². The maximum absolute atomic E-state index is 14.2. The number of alkyl halides is 3. The predicted octanol–water partition coefficient (Wildman–Crippen LogP) is 5.00. The lowest BCUT2D eigenvalue weighted by atomic mass is 9.85. The van der Waals surface area contributed by atoms with Gasteiger partial charge in [-0.15, -0.1) is 0 Å². The fraction of sp³-hybridized carbons (Fsp3) is 0.324. The van der Waals surface area contributed by atoms with Gasteiger partial charge in [0, 0.05) is 11.6 Å². The molecule has 0 unspecified atom stereocenters. The highest BCUT2D eigenvalue weighted by atomic mass is 35.5. The number of esters is 1. The van der Waals surface area contributed by atoms with Crippen molar-refractivity contribution in [2.75, 3.05) is 25.5 Å². The van der Waals surface area contributed by atoms with Gasteiger partial charge in [-0.2, -0.15) is 22.0 Å². The average molecular weight is 792 g/mol. The molecule has 3 aromatic rings. The summed E-state index contributed by atoms with van der Waals surface area (Å²) >= 11 is 6.02. The highest BCUT2D eigenvalue weighted by molar-refractivity contribution is 6.33. The maximum Gasteiger partial charge on any atom is 0.416 e. The molecule has 0 bridgehead atoms. The number of hydrogen-bond donors (Lipinski definition) is 4. The molecule has 0 heterocycles. The Morgan fingerprint density at radius 2 is 1.52 bits per heavy atom. The van der Waals surface area contributed by atoms with E-state index < -0.39 is 107 Å². The van der Waals surface area contributed by atoms with Gasteiger partial charge in [0.15, 0.2) is 24.0 Å². The lowest BCUT2D eigenvalue weighted by Crippen LogP contribution is -2.57. The van der Waals surface area contributed by atoms with Crippen LogP contribution in [-0.2, 0) is 30.1 Å². The van der Waals surface area contributed by atoms with Crippen LogP contribution in [0.5, 0.6) is 5.75 Å². The van der Waals surface area contributed by atoms with Crippen molar-refractivity contribution in [3.63, 3.8) is 0 Å². The first-order valence-electron chi connectivity index (χ1n) is 15.6. The first-order valence-corrected chi connectivity index (χ1v) is 16.0. The number of nitrogens with zero attached hydrogens (tertiary/aromatic N) is 1. The number of carbonyl (C=O) groups excluding carboxylic acids is 5. The van der Waals surface area contributed by atoms with Gasteiger partial charge in [-0.25, -0.2) is 13.8 Å². The van der Waals surface area contributed by atoms with Crippen molar-refractivity contribution >= 4 is 46.9 Å². The Labute approximate surface area is 308 Å². The van der Waals surface area contributed by atoms with Crippen molar-refractivity contribution in [2.45, 2.75) is 46.0 Å². The molecular formula is C34H33ClF7N5O7. The molecule has 0 aliphatic carbocycles. The Bertz CT molecular complexity index is 1900. The molecule has 0 spiro atoms. The standard InChI is InChI=1S/C34H33ClF7N5O7/c1-5-53-24(49)14-47(23(48)15-54-28-25(38)20(36)13-21(37)26(28)39)46-31(51)27(16-7-6-8-18(11-16)34(40,41)42)44-32(52)29(33(2,3)4)45-30(50)17-9-10-22(43)19(35)12-17/h6-13,27,29H,5,14-15,43H2,1-4H3,(H,44,52)(H,45,50)(H,46,51)/t27-,29+/m0/s1. The van der Waals surface area contributed by atoms with E-state index in [1.165, 1.54) is 45.9 Å². The summed E-state index contributed by atoms with van der Waals surface area (Å²) < 4.78 is 106. The first-order chi connectivity index (χ1) is 25.0. The summed E-state index contributed by atoms with van der Waals surface area (Å²) in [6, 6.07) is 3.23. The number of ether oxygens (including phenoxy) is 2. The summed E-state index contributed by atoms with van der Waals surface area (Å²) in [5.74, 6) is -15.5. The third-order valence-electron chi connectivity index (χ3n) is 7.31. The van der Waals surface area contributed by atoms with E-state index in [2.05, 4.69) is 15.4 Å². The van der Waals surface area contributed by atoms with Crippen LogP contribution in [0.15, 0.2) is 48.5 Å². The van der Waals surface area contributed by atoms with Crippen LogP contribution in [0, 0.1) is 28.7 Å². The molecule has 0 saturated heterocycles. The average Bonchev–Trinajstić information content (AvgIpc) is 3.08. The minimum absolute atomic E-state index is 0.0198. The van der Waals surface area contributed by atoms with Gasteiger partial charge < -0.3 is 25.8 Å². The fourth-order valence-corrected chi connectivity index (χ4v) is 4.77. The number of hydrogen-bond acceptors (Lipinski definition) is 8. The Hall–Kier alpha value is -5.59. The van der Waals surface area contributed by atoms with Crippen LogP contribution in [-0.4, -0.2) is 60.4 Å². The number of nitrogen functional groups attached to an aromatic ring is 1. The molecule has 0 aliphatic heterocycles. The van der Waals surface area contributed by atoms with Crippen molar-refractivity contribution in [1.29, 1.82) is 0 Å². The van der Waals surface area contributed by atoms with Gasteiger partial charge in [0.05, 0.1) is 22.9 Å². The first kappa shape index (κ1) is 42.8. The van der Waals surface area contributed by atoms with Crippen LogP contribution in [0.4, 0.5) is 36.4 Å². The molecule has 0 aromatic heterocycles. The molecule has 0 fully saturated rings. The zero-order chi connectivity index (χ0) is 40.7. The van der Waals surface area contributed by atoms with Gasteiger partial charge in [0.1, 0.15) is 18.6 Å². The van der Waals surface area contributed by atoms with E-state index in [1.807, 2.05) is 5.43 Å². The number of nitrogens with one attached hydrogen (secondary N) is 3. The number of benzene rings is 3. The zero-order valence-corrected chi connectivity index (χ0v) is 29.6. The molecule has 0 radical (unpaired) electrons. The molecule has 0 saturated carbocycles. The lowest BCUT2D eigenvalue weighted by molar-refractivity contribution is -0.154. The third-order valence-corrected chi connectivity index (χ3v) is 7.64. The van der Waals surface area contributed by atoms with Gasteiger partial charge in [0.2, 0.25) is 17.5 Å². The molecular weight excluding hydrogens is 759 g/mol. The number of anilines is 1. The second-order valence-electron chi connectivity index (χ2n) is 12.4. The quantitative estimate of drug-likeness (QED) is 0.0654. The van der Waals surface area contributed by atoms with Crippen LogP contribution in [0.25, 0.3) is 0 Å². The van der Waals surface area contributed by atoms with E-state index in [1.54, 1.807) is 0 Å². The SMILES string of the molecule is CCOC(=O)CN(NC(=O)[C@@H](NC(=O)[C@@H](NC(=O)c1ccc(N)c(Cl)c1)C(C)(C)C)c1cccc(C(F)(F)F)c1)C(=O)COc1c(F)c(F)cc(F)c1F.